The number of rotatable bonds is 7. The molecule has 0 aliphatic rings. The maximum atomic E-state index is 12.7. The van der Waals surface area contributed by atoms with Gasteiger partial charge in [-0.2, -0.15) is 5.10 Å². The molecule has 29 heavy (non-hydrogen) atoms. The highest BCUT2D eigenvalue weighted by atomic mass is 16.5. The minimum absolute atomic E-state index is 0.0272. The van der Waals surface area contributed by atoms with E-state index in [1.165, 1.54) is 5.56 Å². The van der Waals surface area contributed by atoms with E-state index in [0.717, 1.165) is 27.8 Å². The van der Waals surface area contributed by atoms with Gasteiger partial charge in [0.15, 0.2) is 0 Å². The molecule has 0 spiro atoms. The van der Waals surface area contributed by atoms with Crippen molar-refractivity contribution in [2.24, 2.45) is 0 Å². The smallest absolute Gasteiger partial charge is 0.227 e. The third kappa shape index (κ3) is 4.32. The molecule has 6 heteroatoms. The number of ether oxygens (including phenoxy) is 1. The zero-order valence-corrected chi connectivity index (χ0v) is 16.5. The van der Waals surface area contributed by atoms with Crippen molar-refractivity contribution in [1.29, 1.82) is 0 Å². The van der Waals surface area contributed by atoms with Gasteiger partial charge in [0.2, 0.25) is 5.91 Å². The van der Waals surface area contributed by atoms with Gasteiger partial charge in [0, 0.05) is 42.4 Å². The number of carbonyl (C=O) groups excluding carboxylic acids is 1. The molecule has 0 unspecified atom stereocenters. The molecule has 0 saturated heterocycles. The van der Waals surface area contributed by atoms with Crippen molar-refractivity contribution in [3.8, 4) is 5.75 Å². The number of hydrogen-bond donors (Lipinski definition) is 0. The first-order valence-electron chi connectivity index (χ1n) is 9.45. The van der Waals surface area contributed by atoms with Crippen LogP contribution in [0.15, 0.2) is 71.6 Å². The van der Waals surface area contributed by atoms with E-state index in [-0.39, 0.29) is 12.3 Å². The Morgan fingerprint density at radius 1 is 1.17 bits per heavy atom. The monoisotopic (exact) mass is 389 g/mol. The fraction of sp³-hybridized carbons (Fsp3) is 0.217. The molecule has 148 valence electrons. The minimum Gasteiger partial charge on any atom is -0.497 e. The number of nitrogens with zero attached hydrogens (tertiary/aromatic N) is 3. The molecule has 0 fully saturated rings. The van der Waals surface area contributed by atoms with Crippen LogP contribution in [0.2, 0.25) is 0 Å². The Kier molecular flexibility index (Phi) is 5.33. The van der Waals surface area contributed by atoms with Gasteiger partial charge >= 0.3 is 0 Å². The fourth-order valence-corrected chi connectivity index (χ4v) is 3.33. The Morgan fingerprint density at radius 3 is 2.79 bits per heavy atom. The van der Waals surface area contributed by atoms with Gasteiger partial charge < -0.3 is 14.1 Å². The fourth-order valence-electron chi connectivity index (χ4n) is 3.33. The van der Waals surface area contributed by atoms with Crippen molar-refractivity contribution >= 4 is 16.9 Å². The van der Waals surface area contributed by atoms with Gasteiger partial charge in [0.05, 0.1) is 32.5 Å². The van der Waals surface area contributed by atoms with E-state index in [4.69, 9.17) is 9.15 Å². The summed E-state index contributed by atoms with van der Waals surface area (Å²) in [5.41, 5.74) is 3.78. The van der Waals surface area contributed by atoms with Crippen LogP contribution in [-0.4, -0.2) is 34.7 Å². The minimum atomic E-state index is 0.0272. The number of likely N-dealkylation sites (N-methyl/N-ethyl adjacent to an activating group) is 1. The molecule has 4 aromatic rings. The number of aromatic nitrogens is 2. The summed E-state index contributed by atoms with van der Waals surface area (Å²) in [6.45, 7) is 1.22. The summed E-state index contributed by atoms with van der Waals surface area (Å²) in [4.78, 5) is 14.4. The summed E-state index contributed by atoms with van der Waals surface area (Å²) < 4.78 is 12.7. The number of hydrogen-bond acceptors (Lipinski definition) is 4. The molecule has 2 aromatic carbocycles. The average Bonchev–Trinajstić information content (AvgIpc) is 3.35. The van der Waals surface area contributed by atoms with E-state index in [9.17, 15) is 4.79 Å². The lowest BCUT2D eigenvalue weighted by Gasteiger charge is -2.15. The average molecular weight is 389 g/mol. The first kappa shape index (κ1) is 18.8. The summed E-state index contributed by atoms with van der Waals surface area (Å²) in [5.74, 6) is 0.758. The highest BCUT2D eigenvalue weighted by molar-refractivity contribution is 5.88. The molecule has 0 saturated carbocycles. The van der Waals surface area contributed by atoms with Crippen LogP contribution in [-0.2, 0) is 24.3 Å². The van der Waals surface area contributed by atoms with E-state index in [1.54, 1.807) is 18.3 Å². The molecule has 0 radical (unpaired) electrons. The van der Waals surface area contributed by atoms with Crippen LogP contribution in [0.3, 0.4) is 0 Å². The molecule has 6 nitrogen and oxygen atoms in total. The highest BCUT2D eigenvalue weighted by Gasteiger charge is 2.15. The summed E-state index contributed by atoms with van der Waals surface area (Å²) in [5, 5.41) is 5.34. The van der Waals surface area contributed by atoms with Crippen LogP contribution in [0.1, 0.15) is 16.7 Å². The highest BCUT2D eigenvalue weighted by Crippen LogP contribution is 2.26. The Labute approximate surface area is 169 Å². The SMILES string of the molecule is COc1ccc2c(CC(=O)N(C)Cc3cnn(Cc4ccccc4)c3)coc2c1. The third-order valence-electron chi connectivity index (χ3n) is 4.92. The second-order valence-corrected chi connectivity index (χ2v) is 7.08. The molecule has 2 aromatic heterocycles. The van der Waals surface area contributed by atoms with Crippen molar-refractivity contribution in [3.63, 3.8) is 0 Å². The number of amides is 1. The molecule has 0 bridgehead atoms. The Hall–Kier alpha value is -3.54. The van der Waals surface area contributed by atoms with E-state index in [2.05, 4.69) is 17.2 Å². The summed E-state index contributed by atoms with van der Waals surface area (Å²) >= 11 is 0. The first-order chi connectivity index (χ1) is 14.1. The van der Waals surface area contributed by atoms with Crippen LogP contribution in [0.4, 0.5) is 0 Å². The van der Waals surface area contributed by atoms with Crippen molar-refractivity contribution < 1.29 is 13.9 Å². The topological polar surface area (TPSA) is 60.5 Å². The molecule has 4 rings (SSSR count). The quantitative estimate of drug-likeness (QED) is 0.481. The number of methoxy groups -OCH3 is 1. The van der Waals surface area contributed by atoms with Crippen LogP contribution in [0, 0.1) is 0 Å². The van der Waals surface area contributed by atoms with Gasteiger partial charge in [0.25, 0.3) is 0 Å². The van der Waals surface area contributed by atoms with Gasteiger partial charge in [0.1, 0.15) is 11.3 Å². The van der Waals surface area contributed by atoms with Crippen molar-refractivity contribution in [2.45, 2.75) is 19.5 Å². The number of fused-ring (bicyclic) bond motifs is 1. The Morgan fingerprint density at radius 2 is 2.00 bits per heavy atom. The maximum absolute atomic E-state index is 12.7. The Balaban J connectivity index is 1.39. The van der Waals surface area contributed by atoms with E-state index in [0.29, 0.717) is 13.1 Å². The van der Waals surface area contributed by atoms with Gasteiger partial charge in [-0.25, -0.2) is 0 Å². The largest absolute Gasteiger partial charge is 0.497 e. The molecule has 0 atom stereocenters. The second kappa shape index (κ2) is 8.22. The zero-order valence-electron chi connectivity index (χ0n) is 16.5. The summed E-state index contributed by atoms with van der Waals surface area (Å²) in [7, 11) is 3.42. The van der Waals surface area contributed by atoms with Gasteiger partial charge in [-0.3, -0.25) is 9.48 Å². The molecule has 0 aliphatic carbocycles. The lowest BCUT2D eigenvalue weighted by atomic mass is 10.1. The maximum Gasteiger partial charge on any atom is 0.227 e. The van der Waals surface area contributed by atoms with Gasteiger partial charge in [-0.1, -0.05) is 30.3 Å². The van der Waals surface area contributed by atoms with Crippen molar-refractivity contribution in [2.75, 3.05) is 14.2 Å². The summed E-state index contributed by atoms with van der Waals surface area (Å²) in [6, 6.07) is 15.8. The molecule has 1 amide bonds. The second-order valence-electron chi connectivity index (χ2n) is 7.08. The van der Waals surface area contributed by atoms with Gasteiger partial charge in [-0.05, 0) is 17.7 Å². The molecule has 0 N–H and O–H groups in total. The standard InChI is InChI=1S/C23H23N3O3/c1-25(13-18-12-24-26(15-18)14-17-6-4-3-5-7-17)23(27)10-19-16-29-22-11-20(28-2)8-9-21(19)22/h3-9,11-12,15-16H,10,13-14H2,1-2H3. The molecule has 2 heterocycles. The lowest BCUT2D eigenvalue weighted by molar-refractivity contribution is -0.129. The summed E-state index contributed by atoms with van der Waals surface area (Å²) in [6.07, 6.45) is 5.73. The van der Waals surface area contributed by atoms with Gasteiger partial charge in [-0.15, -0.1) is 0 Å². The molecule has 0 aliphatic heterocycles. The van der Waals surface area contributed by atoms with E-state index in [1.807, 2.05) is 60.5 Å². The number of benzene rings is 2. The van der Waals surface area contributed by atoms with Crippen molar-refractivity contribution in [1.82, 2.24) is 14.7 Å². The van der Waals surface area contributed by atoms with Crippen LogP contribution in [0.25, 0.3) is 11.0 Å². The first-order valence-corrected chi connectivity index (χ1v) is 9.45. The number of carbonyl (C=O) groups is 1. The number of furan rings is 1. The van der Waals surface area contributed by atoms with Crippen LogP contribution < -0.4 is 4.74 Å². The van der Waals surface area contributed by atoms with Crippen LogP contribution >= 0.6 is 0 Å². The van der Waals surface area contributed by atoms with Crippen molar-refractivity contribution in [3.05, 3.63) is 83.9 Å². The van der Waals surface area contributed by atoms with E-state index >= 15 is 0 Å². The normalized spacial score (nSPS) is 11.0. The Bertz CT molecular complexity index is 1110. The predicted molar refractivity (Wildman–Crippen MR) is 111 cm³/mol. The van der Waals surface area contributed by atoms with E-state index < -0.39 is 0 Å². The molecular weight excluding hydrogens is 366 g/mol. The zero-order chi connectivity index (χ0) is 20.2. The predicted octanol–water partition coefficient (Wildman–Crippen LogP) is 3.89. The molecular formula is C23H23N3O3. The van der Waals surface area contributed by atoms with Crippen LogP contribution in [0.5, 0.6) is 5.75 Å². The third-order valence-corrected chi connectivity index (χ3v) is 4.92. The lowest BCUT2D eigenvalue weighted by Crippen LogP contribution is -2.27.